The number of guanidine groups is 1. The van der Waals surface area contributed by atoms with Gasteiger partial charge in [0.25, 0.3) is 0 Å². The van der Waals surface area contributed by atoms with Gasteiger partial charge in [-0.2, -0.15) is 16.7 Å². The predicted octanol–water partition coefficient (Wildman–Crippen LogP) is 3.77. The molecule has 27 heavy (non-hydrogen) atoms. The minimum atomic E-state index is 0.498. The van der Waals surface area contributed by atoms with E-state index in [1.54, 1.807) is 7.05 Å². The Morgan fingerprint density at radius 3 is 3.07 bits per heavy atom. The molecule has 1 aromatic carbocycles. The minimum absolute atomic E-state index is 0.498. The maximum absolute atomic E-state index is 6.01. The van der Waals surface area contributed by atoms with Crippen LogP contribution in [0.15, 0.2) is 33.8 Å². The maximum atomic E-state index is 6.01. The number of thioether (sulfide) groups is 1. The summed E-state index contributed by atoms with van der Waals surface area (Å²) in [5.74, 6) is 3.16. The average Bonchev–Trinajstić information content (AvgIpc) is 3.31. The predicted molar refractivity (Wildman–Crippen MR) is 113 cm³/mol. The zero-order chi connectivity index (χ0) is 19.1. The van der Waals surface area contributed by atoms with E-state index in [1.807, 2.05) is 24.3 Å². The fourth-order valence-corrected chi connectivity index (χ4v) is 4.57. The molecule has 3 rings (SSSR count). The number of aromatic nitrogens is 2. The van der Waals surface area contributed by atoms with Crippen molar-refractivity contribution >= 4 is 29.3 Å². The fraction of sp³-hybridized carbons (Fsp3) is 0.526. The summed E-state index contributed by atoms with van der Waals surface area (Å²) in [5, 5.41) is 12.3. The van der Waals surface area contributed by atoms with E-state index in [0.29, 0.717) is 35.7 Å². The Morgan fingerprint density at radius 2 is 2.30 bits per heavy atom. The van der Waals surface area contributed by atoms with Crippen molar-refractivity contribution in [2.75, 3.05) is 19.3 Å². The van der Waals surface area contributed by atoms with E-state index in [2.05, 4.69) is 44.5 Å². The molecular weight excluding hydrogens is 382 g/mol. The number of rotatable bonds is 7. The molecule has 0 spiro atoms. The molecule has 1 saturated carbocycles. The first-order valence-corrected chi connectivity index (χ1v) is 10.8. The van der Waals surface area contributed by atoms with Gasteiger partial charge in [-0.05, 0) is 37.1 Å². The normalized spacial score (nSPS) is 20.0. The highest BCUT2D eigenvalue weighted by Crippen LogP contribution is 2.29. The van der Waals surface area contributed by atoms with Gasteiger partial charge in [0.05, 0.1) is 0 Å². The van der Waals surface area contributed by atoms with E-state index in [-0.39, 0.29) is 0 Å². The lowest BCUT2D eigenvalue weighted by molar-refractivity contribution is 0.378. The highest BCUT2D eigenvalue weighted by Gasteiger charge is 2.25. The summed E-state index contributed by atoms with van der Waals surface area (Å²) in [6.45, 7) is 2.90. The van der Waals surface area contributed by atoms with E-state index in [0.717, 1.165) is 16.8 Å². The maximum Gasteiger partial charge on any atom is 0.228 e. The summed E-state index contributed by atoms with van der Waals surface area (Å²) < 4.78 is 5.34. The van der Waals surface area contributed by atoms with Crippen molar-refractivity contribution in [1.82, 2.24) is 20.8 Å². The van der Waals surface area contributed by atoms with Crippen LogP contribution in [-0.4, -0.2) is 46.7 Å². The fourth-order valence-electron chi connectivity index (χ4n) is 3.24. The molecule has 146 valence electrons. The van der Waals surface area contributed by atoms with Crippen LogP contribution in [0.1, 0.15) is 32.1 Å². The molecule has 2 aromatic rings. The second kappa shape index (κ2) is 9.99. The van der Waals surface area contributed by atoms with Gasteiger partial charge in [0, 0.05) is 41.9 Å². The van der Waals surface area contributed by atoms with Gasteiger partial charge in [0.1, 0.15) is 0 Å². The monoisotopic (exact) mass is 407 g/mol. The Kier molecular flexibility index (Phi) is 7.41. The minimum Gasteiger partial charge on any atom is -0.356 e. The first-order valence-electron chi connectivity index (χ1n) is 9.35. The van der Waals surface area contributed by atoms with E-state index in [9.17, 15) is 0 Å². The second-order valence-corrected chi connectivity index (χ2v) is 8.52. The molecule has 0 radical (unpaired) electrons. The van der Waals surface area contributed by atoms with Crippen LogP contribution in [0.5, 0.6) is 0 Å². The molecule has 1 heterocycles. The summed E-state index contributed by atoms with van der Waals surface area (Å²) in [6, 6.07) is 7.93. The molecule has 0 saturated heterocycles. The van der Waals surface area contributed by atoms with Crippen LogP contribution in [0.3, 0.4) is 0 Å². The molecule has 2 atom stereocenters. The molecule has 1 aliphatic carbocycles. The van der Waals surface area contributed by atoms with Crippen molar-refractivity contribution in [3.05, 3.63) is 35.2 Å². The molecule has 0 bridgehead atoms. The lowest BCUT2D eigenvalue weighted by atomic mass is 10.2. The van der Waals surface area contributed by atoms with Gasteiger partial charge in [-0.25, -0.2) is 0 Å². The van der Waals surface area contributed by atoms with E-state index in [4.69, 9.17) is 16.1 Å². The van der Waals surface area contributed by atoms with Crippen LogP contribution in [0, 0.1) is 0 Å². The highest BCUT2D eigenvalue weighted by molar-refractivity contribution is 7.99. The summed E-state index contributed by atoms with van der Waals surface area (Å²) in [4.78, 5) is 8.76. The summed E-state index contributed by atoms with van der Waals surface area (Å²) in [5.41, 5.74) is 0.851. The van der Waals surface area contributed by atoms with Gasteiger partial charge < -0.3 is 15.2 Å². The average molecular weight is 408 g/mol. The Labute approximate surface area is 169 Å². The Hall–Kier alpha value is -1.73. The third kappa shape index (κ3) is 5.87. The summed E-state index contributed by atoms with van der Waals surface area (Å²) in [7, 11) is 1.80. The van der Waals surface area contributed by atoms with Crippen LogP contribution >= 0.6 is 23.4 Å². The molecule has 8 heteroatoms. The largest absolute Gasteiger partial charge is 0.356 e. The second-order valence-electron chi connectivity index (χ2n) is 6.50. The number of nitrogens with one attached hydrogen (secondary N) is 2. The number of halogens is 1. The number of aliphatic imine (C=N–C) groups is 1. The molecular formula is C19H26ClN5OS. The van der Waals surface area contributed by atoms with E-state index < -0.39 is 0 Å². The SMILES string of the molecule is CCSC1CCC(NC(=NC)NCCc2nc(-c3cccc(Cl)c3)no2)C1. The summed E-state index contributed by atoms with van der Waals surface area (Å²) >= 11 is 8.07. The molecule has 0 aliphatic heterocycles. The summed E-state index contributed by atoms with van der Waals surface area (Å²) in [6.07, 6.45) is 4.31. The standard InChI is InChI=1S/C19H26ClN5OS/c1-3-27-16-8-7-15(12-16)23-19(21-2)22-10-9-17-24-18(25-26-17)13-5-4-6-14(20)11-13/h4-6,11,15-16H,3,7-10,12H2,1-2H3,(H2,21,22,23). The molecule has 0 amide bonds. The van der Waals surface area contributed by atoms with Gasteiger partial charge >= 0.3 is 0 Å². The van der Waals surface area contributed by atoms with Gasteiger partial charge in [0.15, 0.2) is 5.96 Å². The van der Waals surface area contributed by atoms with Crippen LogP contribution in [0.25, 0.3) is 11.4 Å². The van der Waals surface area contributed by atoms with Crippen molar-refractivity contribution in [2.45, 2.75) is 43.9 Å². The number of hydrogen-bond acceptors (Lipinski definition) is 5. The first-order chi connectivity index (χ1) is 13.2. The lowest BCUT2D eigenvalue weighted by Crippen LogP contribution is -2.43. The van der Waals surface area contributed by atoms with Gasteiger partial charge in [-0.1, -0.05) is 35.8 Å². The lowest BCUT2D eigenvalue weighted by Gasteiger charge is -2.17. The smallest absolute Gasteiger partial charge is 0.228 e. The van der Waals surface area contributed by atoms with Crippen LogP contribution < -0.4 is 10.6 Å². The number of nitrogens with zero attached hydrogens (tertiary/aromatic N) is 3. The van der Waals surface area contributed by atoms with Gasteiger partial charge in [-0.15, -0.1) is 0 Å². The van der Waals surface area contributed by atoms with Crippen molar-refractivity contribution in [3.8, 4) is 11.4 Å². The number of benzene rings is 1. The van der Waals surface area contributed by atoms with Crippen molar-refractivity contribution in [1.29, 1.82) is 0 Å². The van der Waals surface area contributed by atoms with Gasteiger partial charge in [-0.3, -0.25) is 4.99 Å². The van der Waals surface area contributed by atoms with Crippen molar-refractivity contribution in [2.24, 2.45) is 4.99 Å². The molecule has 2 unspecified atom stereocenters. The van der Waals surface area contributed by atoms with Crippen LogP contribution in [0.4, 0.5) is 0 Å². The third-order valence-electron chi connectivity index (χ3n) is 4.53. The number of hydrogen-bond donors (Lipinski definition) is 2. The topological polar surface area (TPSA) is 75.3 Å². The Bertz CT molecular complexity index is 766. The van der Waals surface area contributed by atoms with Crippen molar-refractivity contribution < 1.29 is 4.52 Å². The van der Waals surface area contributed by atoms with E-state index >= 15 is 0 Å². The quantitative estimate of drug-likeness (QED) is 0.537. The Morgan fingerprint density at radius 1 is 1.41 bits per heavy atom. The third-order valence-corrected chi connectivity index (χ3v) is 6.00. The zero-order valence-electron chi connectivity index (χ0n) is 15.7. The first kappa shape index (κ1) is 20.0. The molecule has 6 nitrogen and oxygen atoms in total. The van der Waals surface area contributed by atoms with Gasteiger partial charge in [0.2, 0.25) is 11.7 Å². The van der Waals surface area contributed by atoms with Crippen LogP contribution in [-0.2, 0) is 6.42 Å². The molecule has 2 N–H and O–H groups in total. The van der Waals surface area contributed by atoms with E-state index in [1.165, 1.54) is 25.0 Å². The molecule has 1 aromatic heterocycles. The molecule has 1 fully saturated rings. The molecule has 1 aliphatic rings. The Balaban J connectivity index is 1.45. The zero-order valence-corrected chi connectivity index (χ0v) is 17.3. The van der Waals surface area contributed by atoms with Crippen molar-refractivity contribution in [3.63, 3.8) is 0 Å². The van der Waals surface area contributed by atoms with Crippen LogP contribution in [0.2, 0.25) is 5.02 Å². The highest BCUT2D eigenvalue weighted by atomic mass is 35.5.